The van der Waals surface area contributed by atoms with Crippen molar-refractivity contribution in [2.45, 2.75) is 19.9 Å². The molecule has 1 heterocycles. The lowest BCUT2D eigenvalue weighted by Crippen LogP contribution is -2.47. The summed E-state index contributed by atoms with van der Waals surface area (Å²) < 4.78 is 0. The van der Waals surface area contributed by atoms with Gasteiger partial charge in [0.25, 0.3) is 5.91 Å². The van der Waals surface area contributed by atoms with Gasteiger partial charge in [-0.15, -0.1) is 0 Å². The number of anilines is 1. The van der Waals surface area contributed by atoms with Crippen LogP contribution in [0.1, 0.15) is 24.2 Å². The summed E-state index contributed by atoms with van der Waals surface area (Å²) in [4.78, 5) is 28.6. The number of hydrogen-bond donors (Lipinski definition) is 2. The molecule has 0 radical (unpaired) electrons. The predicted molar refractivity (Wildman–Crippen MR) is 90.4 cm³/mol. The summed E-state index contributed by atoms with van der Waals surface area (Å²) in [6.07, 6.45) is 3.18. The fourth-order valence-electron chi connectivity index (χ4n) is 2.02. The SMILES string of the molecule is CC(C)[C@H](NC(=O)c1ccc(Cl)cc1)C(=O)Nc1ccncc1. The summed E-state index contributed by atoms with van der Waals surface area (Å²) in [5.74, 6) is -0.646. The smallest absolute Gasteiger partial charge is 0.251 e. The van der Waals surface area contributed by atoms with Crippen LogP contribution in [0, 0.1) is 5.92 Å². The van der Waals surface area contributed by atoms with Crippen LogP contribution >= 0.6 is 11.6 Å². The Labute approximate surface area is 140 Å². The van der Waals surface area contributed by atoms with E-state index in [1.807, 2.05) is 13.8 Å². The van der Waals surface area contributed by atoms with Crippen molar-refractivity contribution in [1.29, 1.82) is 0 Å². The summed E-state index contributed by atoms with van der Waals surface area (Å²) in [6.45, 7) is 3.75. The van der Waals surface area contributed by atoms with Crippen LogP contribution in [0.5, 0.6) is 0 Å². The molecule has 0 saturated carbocycles. The lowest BCUT2D eigenvalue weighted by Gasteiger charge is -2.21. The second-order valence-electron chi connectivity index (χ2n) is 5.43. The summed E-state index contributed by atoms with van der Waals surface area (Å²) in [6, 6.07) is 9.25. The quantitative estimate of drug-likeness (QED) is 0.884. The van der Waals surface area contributed by atoms with Crippen LogP contribution in [-0.4, -0.2) is 22.8 Å². The molecule has 0 aliphatic carbocycles. The molecule has 0 aliphatic heterocycles. The summed E-state index contributed by atoms with van der Waals surface area (Å²) in [5, 5.41) is 6.09. The van der Waals surface area contributed by atoms with Crippen molar-refractivity contribution in [3.05, 3.63) is 59.4 Å². The molecular weight excluding hydrogens is 314 g/mol. The summed E-state index contributed by atoms with van der Waals surface area (Å²) >= 11 is 5.81. The maximum Gasteiger partial charge on any atom is 0.251 e. The highest BCUT2D eigenvalue weighted by Crippen LogP contribution is 2.12. The lowest BCUT2D eigenvalue weighted by atomic mass is 10.0. The number of nitrogens with one attached hydrogen (secondary N) is 2. The number of carbonyl (C=O) groups excluding carboxylic acids is 2. The number of nitrogens with zero attached hydrogens (tertiary/aromatic N) is 1. The zero-order valence-corrected chi connectivity index (χ0v) is 13.7. The molecule has 6 heteroatoms. The van der Waals surface area contributed by atoms with E-state index in [1.54, 1.807) is 48.8 Å². The van der Waals surface area contributed by atoms with Crippen LogP contribution in [0.4, 0.5) is 5.69 Å². The van der Waals surface area contributed by atoms with Gasteiger partial charge in [-0.05, 0) is 42.3 Å². The number of aromatic nitrogens is 1. The molecule has 2 amide bonds. The summed E-state index contributed by atoms with van der Waals surface area (Å²) in [7, 11) is 0. The van der Waals surface area contributed by atoms with E-state index >= 15 is 0 Å². The molecule has 1 aromatic carbocycles. The average Bonchev–Trinajstić information content (AvgIpc) is 2.53. The van der Waals surface area contributed by atoms with E-state index in [9.17, 15) is 9.59 Å². The highest BCUT2D eigenvalue weighted by Gasteiger charge is 2.24. The molecule has 5 nitrogen and oxygen atoms in total. The fourth-order valence-corrected chi connectivity index (χ4v) is 2.14. The topological polar surface area (TPSA) is 71.1 Å². The number of rotatable bonds is 5. The first-order valence-electron chi connectivity index (χ1n) is 7.24. The third-order valence-electron chi connectivity index (χ3n) is 3.29. The van der Waals surface area contributed by atoms with Gasteiger partial charge in [-0.25, -0.2) is 0 Å². The molecule has 2 aromatic rings. The number of amides is 2. The maximum absolute atomic E-state index is 12.4. The van der Waals surface area contributed by atoms with E-state index in [-0.39, 0.29) is 17.7 Å². The van der Waals surface area contributed by atoms with Gasteiger partial charge in [0.05, 0.1) is 0 Å². The molecule has 1 atom stereocenters. The van der Waals surface area contributed by atoms with Crippen LogP contribution in [0.2, 0.25) is 5.02 Å². The Balaban J connectivity index is 2.07. The van der Waals surface area contributed by atoms with Crippen molar-refractivity contribution in [2.24, 2.45) is 5.92 Å². The largest absolute Gasteiger partial charge is 0.340 e. The first-order valence-corrected chi connectivity index (χ1v) is 7.62. The number of pyridine rings is 1. The fraction of sp³-hybridized carbons (Fsp3) is 0.235. The number of halogens is 1. The van der Waals surface area contributed by atoms with Crippen molar-refractivity contribution in [3.63, 3.8) is 0 Å². The Morgan fingerprint density at radius 1 is 1.04 bits per heavy atom. The van der Waals surface area contributed by atoms with Gasteiger partial charge >= 0.3 is 0 Å². The third kappa shape index (κ3) is 4.79. The number of carbonyl (C=O) groups is 2. The second-order valence-corrected chi connectivity index (χ2v) is 5.86. The van der Waals surface area contributed by atoms with Crippen molar-refractivity contribution in [1.82, 2.24) is 10.3 Å². The van der Waals surface area contributed by atoms with E-state index < -0.39 is 6.04 Å². The van der Waals surface area contributed by atoms with Gasteiger partial charge in [0.2, 0.25) is 5.91 Å². The minimum absolute atomic E-state index is 0.0620. The van der Waals surface area contributed by atoms with E-state index in [1.165, 1.54) is 0 Å². The first kappa shape index (κ1) is 17.0. The molecule has 0 saturated heterocycles. The van der Waals surface area contributed by atoms with Gasteiger partial charge in [0, 0.05) is 28.7 Å². The van der Waals surface area contributed by atoms with Gasteiger partial charge in [-0.3, -0.25) is 14.6 Å². The zero-order valence-electron chi connectivity index (χ0n) is 12.9. The van der Waals surface area contributed by atoms with Crippen LogP contribution in [-0.2, 0) is 4.79 Å². The van der Waals surface area contributed by atoms with Crippen LogP contribution in [0.25, 0.3) is 0 Å². The predicted octanol–water partition coefficient (Wildman–Crippen LogP) is 3.13. The first-order chi connectivity index (χ1) is 11.0. The van der Waals surface area contributed by atoms with Crippen LogP contribution in [0.3, 0.4) is 0 Å². The van der Waals surface area contributed by atoms with Crippen LogP contribution in [0.15, 0.2) is 48.8 Å². The maximum atomic E-state index is 12.4. The van der Waals surface area contributed by atoms with Gasteiger partial charge in [-0.1, -0.05) is 25.4 Å². The van der Waals surface area contributed by atoms with E-state index in [0.29, 0.717) is 16.3 Å². The van der Waals surface area contributed by atoms with Crippen molar-refractivity contribution < 1.29 is 9.59 Å². The lowest BCUT2D eigenvalue weighted by molar-refractivity contribution is -0.118. The molecule has 0 unspecified atom stereocenters. The Hall–Kier alpha value is -2.40. The second kappa shape index (κ2) is 7.74. The number of hydrogen-bond acceptors (Lipinski definition) is 3. The molecule has 0 bridgehead atoms. The minimum atomic E-state index is -0.647. The van der Waals surface area contributed by atoms with Crippen molar-refractivity contribution in [2.75, 3.05) is 5.32 Å². The molecule has 2 rings (SSSR count). The third-order valence-corrected chi connectivity index (χ3v) is 3.54. The molecule has 2 N–H and O–H groups in total. The van der Waals surface area contributed by atoms with Crippen LogP contribution < -0.4 is 10.6 Å². The zero-order chi connectivity index (χ0) is 16.8. The molecule has 0 spiro atoms. The monoisotopic (exact) mass is 331 g/mol. The van der Waals surface area contributed by atoms with E-state index in [2.05, 4.69) is 15.6 Å². The highest BCUT2D eigenvalue weighted by molar-refractivity contribution is 6.30. The van der Waals surface area contributed by atoms with Gasteiger partial charge in [0.1, 0.15) is 6.04 Å². The van der Waals surface area contributed by atoms with Gasteiger partial charge < -0.3 is 10.6 Å². The van der Waals surface area contributed by atoms with Gasteiger partial charge in [0.15, 0.2) is 0 Å². The minimum Gasteiger partial charge on any atom is -0.340 e. The molecule has 120 valence electrons. The molecule has 23 heavy (non-hydrogen) atoms. The Morgan fingerprint density at radius 2 is 1.65 bits per heavy atom. The Morgan fingerprint density at radius 3 is 2.22 bits per heavy atom. The number of benzene rings is 1. The van der Waals surface area contributed by atoms with Crippen molar-refractivity contribution >= 4 is 29.1 Å². The van der Waals surface area contributed by atoms with Gasteiger partial charge in [-0.2, -0.15) is 0 Å². The van der Waals surface area contributed by atoms with Crippen molar-refractivity contribution in [3.8, 4) is 0 Å². The standard InChI is InChI=1S/C17H18ClN3O2/c1-11(2)15(17(23)20-14-7-9-19-10-8-14)21-16(22)12-3-5-13(18)6-4-12/h3-11,15H,1-2H3,(H,21,22)(H,19,20,23)/t15-/m0/s1. The Bertz CT molecular complexity index is 672. The highest BCUT2D eigenvalue weighted by atomic mass is 35.5. The Kier molecular flexibility index (Phi) is 5.71. The normalized spacial score (nSPS) is 11.8. The van der Waals surface area contributed by atoms with E-state index in [0.717, 1.165) is 0 Å². The van der Waals surface area contributed by atoms with E-state index in [4.69, 9.17) is 11.6 Å². The molecule has 1 aromatic heterocycles. The molecular formula is C17H18ClN3O2. The molecule has 0 aliphatic rings. The summed E-state index contributed by atoms with van der Waals surface area (Å²) in [5.41, 5.74) is 1.09. The molecule has 0 fully saturated rings. The average molecular weight is 332 g/mol.